The lowest BCUT2D eigenvalue weighted by Gasteiger charge is -2.14. The monoisotopic (exact) mass is 436 g/mol. The van der Waals surface area contributed by atoms with Gasteiger partial charge in [-0.3, -0.25) is 4.57 Å². The fourth-order valence-corrected chi connectivity index (χ4v) is 3.60. The molecule has 0 aliphatic heterocycles. The van der Waals surface area contributed by atoms with Gasteiger partial charge in [-0.1, -0.05) is 65.7 Å². The molecular formula is C24H18Cl2N2O2. The minimum atomic E-state index is -0.489. The van der Waals surface area contributed by atoms with E-state index >= 15 is 0 Å². The zero-order chi connectivity index (χ0) is 21.1. The van der Waals surface area contributed by atoms with Crippen molar-refractivity contribution in [1.82, 2.24) is 9.55 Å². The maximum Gasteiger partial charge on any atom is 0.359 e. The van der Waals surface area contributed by atoms with Crippen molar-refractivity contribution in [3.05, 3.63) is 94.6 Å². The number of hydrogen-bond donors (Lipinski definition) is 0. The lowest BCUT2D eigenvalue weighted by atomic mass is 10.1. The van der Waals surface area contributed by atoms with Crippen LogP contribution in [0.5, 0.6) is 0 Å². The van der Waals surface area contributed by atoms with E-state index in [9.17, 15) is 4.79 Å². The average Bonchev–Trinajstić information content (AvgIpc) is 3.16. The molecule has 30 heavy (non-hydrogen) atoms. The van der Waals surface area contributed by atoms with Crippen LogP contribution in [-0.2, 0) is 4.74 Å². The average molecular weight is 437 g/mol. The highest BCUT2D eigenvalue weighted by atomic mass is 35.5. The fraction of sp³-hybridized carbons (Fsp3) is 0.0833. The highest BCUT2D eigenvalue weighted by Gasteiger charge is 2.26. The fourth-order valence-electron chi connectivity index (χ4n) is 3.29. The smallest absolute Gasteiger partial charge is 0.359 e. The van der Waals surface area contributed by atoms with E-state index in [2.05, 4.69) is 0 Å². The largest absolute Gasteiger partial charge is 0.461 e. The van der Waals surface area contributed by atoms with Gasteiger partial charge < -0.3 is 4.74 Å². The molecule has 4 rings (SSSR count). The summed E-state index contributed by atoms with van der Waals surface area (Å²) in [6.07, 6.45) is 0. The summed E-state index contributed by atoms with van der Waals surface area (Å²) in [4.78, 5) is 17.6. The van der Waals surface area contributed by atoms with E-state index in [0.717, 1.165) is 16.8 Å². The first-order valence-corrected chi connectivity index (χ1v) is 10.2. The van der Waals surface area contributed by atoms with Crippen molar-refractivity contribution >= 4 is 29.2 Å². The van der Waals surface area contributed by atoms with Crippen LogP contribution in [0.2, 0.25) is 10.0 Å². The van der Waals surface area contributed by atoms with E-state index < -0.39 is 5.97 Å². The van der Waals surface area contributed by atoms with E-state index in [0.29, 0.717) is 21.6 Å². The lowest BCUT2D eigenvalue weighted by molar-refractivity contribution is 0.0521. The predicted octanol–water partition coefficient (Wildman–Crippen LogP) is 6.69. The van der Waals surface area contributed by atoms with Crippen LogP contribution in [0.3, 0.4) is 0 Å². The molecule has 4 aromatic rings. The van der Waals surface area contributed by atoms with Crippen molar-refractivity contribution in [1.29, 1.82) is 0 Å². The molecule has 0 atom stereocenters. The molecule has 4 nitrogen and oxygen atoms in total. The summed E-state index contributed by atoms with van der Waals surface area (Å²) in [5.74, 6) is 0.133. The van der Waals surface area contributed by atoms with Gasteiger partial charge in [-0.15, -0.1) is 0 Å². The van der Waals surface area contributed by atoms with E-state index in [1.165, 1.54) is 0 Å². The standard InChI is InChI=1S/C24H18Cl2N2O2/c1-2-30-24(29)21-22(17-9-6-10-19(26)15-17)28(20-13-11-18(25)12-14-20)23(27-21)16-7-4-3-5-8-16/h3-15H,2H2,1H3. The molecule has 0 aliphatic rings. The Morgan fingerprint density at radius 3 is 2.27 bits per heavy atom. The molecule has 150 valence electrons. The minimum absolute atomic E-state index is 0.230. The van der Waals surface area contributed by atoms with Gasteiger partial charge in [0.05, 0.1) is 12.3 Å². The van der Waals surface area contributed by atoms with Gasteiger partial charge in [-0.25, -0.2) is 9.78 Å². The third-order valence-electron chi connectivity index (χ3n) is 4.56. The third-order valence-corrected chi connectivity index (χ3v) is 5.05. The summed E-state index contributed by atoms with van der Waals surface area (Å²) in [7, 11) is 0. The maximum absolute atomic E-state index is 12.9. The Morgan fingerprint density at radius 1 is 0.900 bits per heavy atom. The van der Waals surface area contributed by atoms with Gasteiger partial charge in [0.15, 0.2) is 5.69 Å². The Hall–Kier alpha value is -3.08. The Morgan fingerprint density at radius 2 is 1.60 bits per heavy atom. The zero-order valence-electron chi connectivity index (χ0n) is 16.2. The van der Waals surface area contributed by atoms with Crippen LogP contribution in [0.25, 0.3) is 28.3 Å². The number of benzene rings is 3. The van der Waals surface area contributed by atoms with Gasteiger partial charge in [0.2, 0.25) is 0 Å². The first kappa shape index (κ1) is 20.2. The summed E-state index contributed by atoms with van der Waals surface area (Å²) < 4.78 is 7.24. The molecule has 0 aliphatic carbocycles. The molecule has 3 aromatic carbocycles. The molecule has 0 radical (unpaired) electrons. The number of rotatable bonds is 5. The van der Waals surface area contributed by atoms with Crippen molar-refractivity contribution < 1.29 is 9.53 Å². The number of aromatic nitrogens is 2. The van der Waals surface area contributed by atoms with Crippen molar-refractivity contribution in [3.63, 3.8) is 0 Å². The highest BCUT2D eigenvalue weighted by Crippen LogP contribution is 2.35. The Kier molecular flexibility index (Phi) is 5.88. The second-order valence-corrected chi connectivity index (χ2v) is 7.41. The van der Waals surface area contributed by atoms with Crippen molar-refractivity contribution in [3.8, 4) is 28.3 Å². The molecule has 0 N–H and O–H groups in total. The molecule has 1 heterocycles. The summed E-state index contributed by atoms with van der Waals surface area (Å²) in [6.45, 7) is 2.02. The number of carbonyl (C=O) groups excluding carboxylic acids is 1. The van der Waals surface area contributed by atoms with Crippen LogP contribution in [0.4, 0.5) is 0 Å². The van der Waals surface area contributed by atoms with Crippen LogP contribution in [0, 0.1) is 0 Å². The number of carbonyl (C=O) groups is 1. The molecule has 0 saturated carbocycles. The SMILES string of the molecule is CCOC(=O)c1nc(-c2ccccc2)n(-c2ccc(Cl)cc2)c1-c1cccc(Cl)c1. The Labute approximate surface area is 184 Å². The first-order chi connectivity index (χ1) is 14.6. The van der Waals surface area contributed by atoms with Crippen LogP contribution >= 0.6 is 23.2 Å². The molecule has 0 amide bonds. The van der Waals surface area contributed by atoms with Gasteiger partial charge in [0.1, 0.15) is 5.82 Å². The van der Waals surface area contributed by atoms with Gasteiger partial charge in [0.25, 0.3) is 0 Å². The van der Waals surface area contributed by atoms with Gasteiger partial charge in [-0.2, -0.15) is 0 Å². The second kappa shape index (κ2) is 8.74. The molecule has 0 fully saturated rings. The number of ether oxygens (including phenoxy) is 1. The number of esters is 1. The summed E-state index contributed by atoms with van der Waals surface area (Å²) >= 11 is 12.4. The Bertz CT molecular complexity index is 1190. The van der Waals surface area contributed by atoms with Crippen LogP contribution in [0.15, 0.2) is 78.9 Å². The summed E-state index contributed by atoms with van der Waals surface area (Å²) in [5, 5.41) is 1.18. The Balaban J connectivity index is 2.07. The highest BCUT2D eigenvalue weighted by molar-refractivity contribution is 6.31. The summed E-state index contributed by atoms with van der Waals surface area (Å²) in [6, 6.07) is 24.4. The van der Waals surface area contributed by atoms with E-state index in [-0.39, 0.29) is 12.3 Å². The second-order valence-electron chi connectivity index (χ2n) is 6.54. The number of halogens is 2. The number of nitrogens with zero attached hydrogens (tertiary/aromatic N) is 2. The predicted molar refractivity (Wildman–Crippen MR) is 120 cm³/mol. The van der Waals surface area contributed by atoms with Crippen molar-refractivity contribution in [2.45, 2.75) is 6.92 Å². The van der Waals surface area contributed by atoms with E-state index in [1.54, 1.807) is 25.1 Å². The van der Waals surface area contributed by atoms with Crippen LogP contribution in [-0.4, -0.2) is 22.1 Å². The third kappa shape index (κ3) is 3.97. The maximum atomic E-state index is 12.9. The summed E-state index contributed by atoms with van der Waals surface area (Å²) in [5.41, 5.74) is 3.28. The topological polar surface area (TPSA) is 44.1 Å². The molecule has 6 heteroatoms. The molecular weight excluding hydrogens is 419 g/mol. The van der Waals surface area contributed by atoms with Crippen LogP contribution in [0.1, 0.15) is 17.4 Å². The zero-order valence-corrected chi connectivity index (χ0v) is 17.7. The van der Waals surface area contributed by atoms with Gasteiger partial charge in [-0.05, 0) is 43.3 Å². The molecule has 0 spiro atoms. The first-order valence-electron chi connectivity index (χ1n) is 9.45. The van der Waals surface area contributed by atoms with Gasteiger partial charge >= 0.3 is 5.97 Å². The molecule has 0 unspecified atom stereocenters. The van der Waals surface area contributed by atoms with Crippen LogP contribution < -0.4 is 0 Å². The molecule has 1 aromatic heterocycles. The molecule has 0 bridgehead atoms. The molecule has 0 saturated heterocycles. The minimum Gasteiger partial charge on any atom is -0.461 e. The van der Waals surface area contributed by atoms with Gasteiger partial charge in [0, 0.05) is 26.9 Å². The number of hydrogen-bond acceptors (Lipinski definition) is 3. The quantitative estimate of drug-likeness (QED) is 0.327. The van der Waals surface area contributed by atoms with Crippen molar-refractivity contribution in [2.75, 3.05) is 6.61 Å². The lowest BCUT2D eigenvalue weighted by Crippen LogP contribution is -2.08. The van der Waals surface area contributed by atoms with E-state index in [1.807, 2.05) is 65.2 Å². The van der Waals surface area contributed by atoms with E-state index in [4.69, 9.17) is 32.9 Å². The number of imidazole rings is 1. The van der Waals surface area contributed by atoms with Crippen molar-refractivity contribution in [2.24, 2.45) is 0 Å². The normalized spacial score (nSPS) is 10.8.